The fourth-order valence-electron chi connectivity index (χ4n) is 3.74. The summed E-state index contributed by atoms with van der Waals surface area (Å²) in [6.07, 6.45) is 0. The average molecular weight is 400 g/mol. The quantitative estimate of drug-likeness (QED) is 0.400. The lowest BCUT2D eigenvalue weighted by molar-refractivity contribution is 0.0970. The highest BCUT2D eigenvalue weighted by Gasteiger charge is 2.26. The minimum Gasteiger partial charge on any atom is -0.497 e. The lowest BCUT2D eigenvalue weighted by atomic mass is 9.95. The number of hydrogen-bond donors (Lipinski definition) is 2. The molecule has 1 heterocycles. The molecule has 0 amide bonds. The number of ether oxygens (including phenoxy) is 2. The molecule has 4 aromatic rings. The molecule has 152 valence electrons. The van der Waals surface area contributed by atoms with E-state index in [0.29, 0.717) is 17.1 Å². The summed E-state index contributed by atoms with van der Waals surface area (Å²) in [4.78, 5) is 17.1. The van der Waals surface area contributed by atoms with Gasteiger partial charge in [0.15, 0.2) is 5.78 Å². The van der Waals surface area contributed by atoms with E-state index >= 15 is 0 Å². The first kappa shape index (κ1) is 19.6. The van der Waals surface area contributed by atoms with E-state index in [2.05, 4.69) is 10.3 Å². The highest BCUT2D eigenvalue weighted by Crippen LogP contribution is 2.32. The first-order valence-electron chi connectivity index (χ1n) is 9.76. The number of aryl methyl sites for hydroxylation is 1. The van der Waals surface area contributed by atoms with Crippen molar-refractivity contribution in [2.45, 2.75) is 13.0 Å². The number of para-hydroxylation sites is 1. The Hall–Kier alpha value is -3.73. The van der Waals surface area contributed by atoms with Gasteiger partial charge in [0.25, 0.3) is 0 Å². The van der Waals surface area contributed by atoms with Gasteiger partial charge in [0.05, 0.1) is 14.2 Å². The van der Waals surface area contributed by atoms with Crippen LogP contribution < -0.4 is 14.8 Å². The van der Waals surface area contributed by atoms with Crippen molar-refractivity contribution in [3.05, 3.63) is 89.6 Å². The van der Waals surface area contributed by atoms with Crippen LogP contribution in [0.1, 0.15) is 27.7 Å². The third kappa shape index (κ3) is 3.74. The van der Waals surface area contributed by atoms with E-state index in [4.69, 9.17) is 9.47 Å². The van der Waals surface area contributed by atoms with E-state index < -0.39 is 6.04 Å². The molecule has 0 aliphatic rings. The number of nitrogens with one attached hydrogen (secondary N) is 2. The number of carbonyl (C=O) groups excluding carboxylic acids is 1. The molecule has 1 unspecified atom stereocenters. The second-order valence-electron chi connectivity index (χ2n) is 7.12. The van der Waals surface area contributed by atoms with E-state index in [1.807, 2.05) is 73.7 Å². The van der Waals surface area contributed by atoms with Gasteiger partial charge in [0.1, 0.15) is 17.5 Å². The molecule has 1 atom stereocenters. The second kappa shape index (κ2) is 8.33. The van der Waals surface area contributed by atoms with Gasteiger partial charge in [-0.2, -0.15) is 0 Å². The molecule has 0 spiro atoms. The van der Waals surface area contributed by atoms with Gasteiger partial charge in [-0.1, -0.05) is 48.5 Å². The van der Waals surface area contributed by atoms with Crippen LogP contribution in [0, 0.1) is 6.92 Å². The molecule has 5 nitrogen and oxygen atoms in total. The third-order valence-corrected chi connectivity index (χ3v) is 5.20. The molecule has 0 aliphatic heterocycles. The zero-order valence-corrected chi connectivity index (χ0v) is 17.2. The van der Waals surface area contributed by atoms with Crippen molar-refractivity contribution in [2.24, 2.45) is 0 Å². The summed E-state index contributed by atoms with van der Waals surface area (Å²) in [5.74, 6) is 1.30. The second-order valence-corrected chi connectivity index (χ2v) is 7.12. The Bertz CT molecular complexity index is 1160. The van der Waals surface area contributed by atoms with Gasteiger partial charge >= 0.3 is 0 Å². The molecule has 0 bridgehead atoms. The molecular formula is C25H24N2O3. The van der Waals surface area contributed by atoms with Crippen LogP contribution in [-0.4, -0.2) is 25.0 Å². The Balaban J connectivity index is 1.80. The van der Waals surface area contributed by atoms with Gasteiger partial charge in [0, 0.05) is 46.0 Å². The highest BCUT2D eigenvalue weighted by molar-refractivity contribution is 6.12. The number of ketones is 1. The van der Waals surface area contributed by atoms with Gasteiger partial charge in [-0.3, -0.25) is 4.79 Å². The molecule has 0 saturated carbocycles. The molecule has 4 rings (SSSR count). The number of benzene rings is 3. The number of carbonyl (C=O) groups is 1. The molecule has 5 heteroatoms. The number of anilines is 1. The Morgan fingerprint density at radius 3 is 2.20 bits per heavy atom. The summed E-state index contributed by atoms with van der Waals surface area (Å²) >= 11 is 0. The number of hydrogen-bond acceptors (Lipinski definition) is 4. The molecule has 30 heavy (non-hydrogen) atoms. The summed E-state index contributed by atoms with van der Waals surface area (Å²) in [7, 11) is 3.21. The molecule has 0 aliphatic carbocycles. The fourth-order valence-corrected chi connectivity index (χ4v) is 3.74. The first-order chi connectivity index (χ1) is 14.6. The van der Waals surface area contributed by atoms with Gasteiger partial charge < -0.3 is 19.8 Å². The minimum atomic E-state index is -0.569. The van der Waals surface area contributed by atoms with E-state index in [1.54, 1.807) is 20.3 Å². The van der Waals surface area contributed by atoms with Crippen LogP contribution in [0.3, 0.4) is 0 Å². The van der Waals surface area contributed by atoms with E-state index in [-0.39, 0.29) is 5.78 Å². The van der Waals surface area contributed by atoms with Crippen molar-refractivity contribution in [1.29, 1.82) is 0 Å². The van der Waals surface area contributed by atoms with Gasteiger partial charge in [-0.05, 0) is 18.6 Å². The number of aromatic nitrogens is 1. The van der Waals surface area contributed by atoms with Crippen molar-refractivity contribution < 1.29 is 14.3 Å². The largest absolute Gasteiger partial charge is 0.497 e. The first-order valence-corrected chi connectivity index (χ1v) is 9.76. The van der Waals surface area contributed by atoms with Gasteiger partial charge in [0.2, 0.25) is 0 Å². The van der Waals surface area contributed by atoms with Gasteiger partial charge in [-0.15, -0.1) is 0 Å². The predicted molar refractivity (Wildman–Crippen MR) is 120 cm³/mol. The summed E-state index contributed by atoms with van der Waals surface area (Å²) < 4.78 is 10.8. The zero-order chi connectivity index (χ0) is 21.1. The summed E-state index contributed by atoms with van der Waals surface area (Å²) in [5, 5.41) is 4.32. The van der Waals surface area contributed by atoms with Crippen molar-refractivity contribution in [3.63, 3.8) is 0 Å². The van der Waals surface area contributed by atoms with Crippen LogP contribution in [0.25, 0.3) is 10.9 Å². The molecule has 3 aromatic carbocycles. The normalized spacial score (nSPS) is 11.8. The lowest BCUT2D eigenvalue weighted by Gasteiger charge is -2.21. The van der Waals surface area contributed by atoms with Crippen LogP contribution in [0.15, 0.2) is 72.8 Å². The maximum absolute atomic E-state index is 13.8. The molecule has 0 fully saturated rings. The summed E-state index contributed by atoms with van der Waals surface area (Å²) in [6.45, 7) is 1.93. The molecule has 2 N–H and O–H groups in total. The van der Waals surface area contributed by atoms with E-state index in [0.717, 1.165) is 27.8 Å². The van der Waals surface area contributed by atoms with Crippen LogP contribution in [-0.2, 0) is 0 Å². The Labute approximate surface area is 175 Å². The fraction of sp³-hybridized carbons (Fsp3) is 0.160. The van der Waals surface area contributed by atoms with Crippen LogP contribution in [0.4, 0.5) is 5.69 Å². The molecule has 0 saturated heterocycles. The SMILES string of the molecule is COc1cc(NC(C(=O)c2c(C)[nH]c3ccccc23)c2ccccc2)cc(OC)c1. The zero-order valence-electron chi connectivity index (χ0n) is 17.2. The van der Waals surface area contributed by atoms with Crippen LogP contribution in [0.5, 0.6) is 11.5 Å². The maximum atomic E-state index is 13.8. The topological polar surface area (TPSA) is 63.3 Å². The van der Waals surface area contributed by atoms with Crippen LogP contribution >= 0.6 is 0 Å². The van der Waals surface area contributed by atoms with Crippen molar-refractivity contribution in [3.8, 4) is 11.5 Å². The van der Waals surface area contributed by atoms with Crippen molar-refractivity contribution in [1.82, 2.24) is 4.98 Å². The number of aromatic amines is 1. The number of rotatable bonds is 7. The lowest BCUT2D eigenvalue weighted by Crippen LogP contribution is -2.22. The Morgan fingerprint density at radius 2 is 1.53 bits per heavy atom. The number of fused-ring (bicyclic) bond motifs is 1. The molecular weight excluding hydrogens is 376 g/mol. The highest BCUT2D eigenvalue weighted by atomic mass is 16.5. The van der Waals surface area contributed by atoms with Crippen LogP contribution in [0.2, 0.25) is 0 Å². The Kier molecular flexibility index (Phi) is 5.44. The molecule has 1 aromatic heterocycles. The summed E-state index contributed by atoms with van der Waals surface area (Å²) in [6, 6.07) is 22.5. The standard InChI is InChI=1S/C25H24N2O3/c1-16-23(21-11-7-8-12-22(21)26-16)25(28)24(17-9-5-4-6-10-17)27-18-13-19(29-2)15-20(14-18)30-3/h4-15,24,26-27H,1-3H3. The minimum absolute atomic E-state index is 0.00191. The number of H-pyrrole nitrogens is 1. The number of methoxy groups -OCH3 is 2. The van der Waals surface area contributed by atoms with Gasteiger partial charge in [-0.25, -0.2) is 0 Å². The third-order valence-electron chi connectivity index (χ3n) is 5.20. The predicted octanol–water partition coefficient (Wildman–Crippen LogP) is 5.53. The van der Waals surface area contributed by atoms with Crippen molar-refractivity contribution >= 4 is 22.4 Å². The Morgan fingerprint density at radius 1 is 0.900 bits per heavy atom. The maximum Gasteiger partial charge on any atom is 0.191 e. The monoisotopic (exact) mass is 400 g/mol. The molecule has 0 radical (unpaired) electrons. The number of Topliss-reactive ketones (excluding diaryl/α,β-unsaturated/α-hetero) is 1. The summed E-state index contributed by atoms with van der Waals surface area (Å²) in [5.41, 5.74) is 4.13. The average Bonchev–Trinajstić information content (AvgIpc) is 3.13. The smallest absolute Gasteiger partial charge is 0.191 e. The van der Waals surface area contributed by atoms with E-state index in [9.17, 15) is 4.79 Å². The van der Waals surface area contributed by atoms with Crippen molar-refractivity contribution in [2.75, 3.05) is 19.5 Å². The van der Waals surface area contributed by atoms with E-state index in [1.165, 1.54) is 0 Å².